The lowest BCUT2D eigenvalue weighted by molar-refractivity contribution is 0.419. The predicted octanol–water partition coefficient (Wildman–Crippen LogP) is 2.28. The smallest absolute Gasteiger partial charge is 0.123 e. The van der Waals surface area contributed by atoms with Crippen molar-refractivity contribution in [1.82, 2.24) is 4.90 Å². The van der Waals surface area contributed by atoms with Gasteiger partial charge in [0.15, 0.2) is 0 Å². The topological polar surface area (TPSA) is 23.5 Å². The number of benzene rings is 1. The van der Waals surface area contributed by atoms with Gasteiger partial charge in [0.05, 0.1) is 0 Å². The first-order valence-electron chi connectivity index (χ1n) is 5.33. The van der Waals surface area contributed by atoms with Gasteiger partial charge in [-0.15, -0.1) is 0 Å². The number of aromatic hydroxyl groups is 1. The molecule has 1 aromatic rings. The van der Waals surface area contributed by atoms with Crippen molar-refractivity contribution >= 4 is 5.57 Å². The quantitative estimate of drug-likeness (QED) is 0.814. The fourth-order valence-corrected chi connectivity index (χ4v) is 2.03. The Morgan fingerprint density at radius 3 is 2.87 bits per heavy atom. The zero-order valence-electron chi connectivity index (χ0n) is 9.33. The Morgan fingerprint density at radius 1 is 1.33 bits per heavy atom. The number of hydrogen-bond acceptors (Lipinski definition) is 2. The van der Waals surface area contributed by atoms with Gasteiger partial charge in [0, 0.05) is 12.1 Å². The minimum absolute atomic E-state index is 0.426. The lowest BCUT2D eigenvalue weighted by atomic mass is 10.0. The normalized spacial score (nSPS) is 14.2. The fraction of sp³-hybridized carbons (Fsp3) is 0.385. The van der Waals surface area contributed by atoms with Crippen LogP contribution in [0.4, 0.5) is 0 Å². The largest absolute Gasteiger partial charge is 0.507 e. The van der Waals surface area contributed by atoms with E-state index in [1.165, 1.54) is 11.1 Å². The number of phenols is 1. The minimum Gasteiger partial charge on any atom is -0.507 e. The molecule has 0 fully saturated rings. The Hall–Kier alpha value is -1.28. The maximum atomic E-state index is 9.81. The predicted molar refractivity (Wildman–Crippen MR) is 63.0 cm³/mol. The second-order valence-electron chi connectivity index (χ2n) is 4.30. The molecule has 2 nitrogen and oxygen atoms in total. The number of phenolic OH excluding ortho intramolecular Hbond substituents is 1. The van der Waals surface area contributed by atoms with Crippen LogP contribution in [0.5, 0.6) is 5.75 Å². The van der Waals surface area contributed by atoms with E-state index < -0.39 is 0 Å². The van der Waals surface area contributed by atoms with E-state index in [4.69, 9.17) is 0 Å². The van der Waals surface area contributed by atoms with E-state index in [0.29, 0.717) is 5.75 Å². The van der Waals surface area contributed by atoms with Crippen molar-refractivity contribution < 1.29 is 5.11 Å². The molecule has 80 valence electrons. The number of fused-ring (bicyclic) bond motifs is 1. The Balaban J connectivity index is 2.19. The van der Waals surface area contributed by atoms with Gasteiger partial charge in [0.1, 0.15) is 5.75 Å². The molecule has 2 rings (SSSR count). The summed E-state index contributed by atoms with van der Waals surface area (Å²) in [6, 6.07) is 5.78. The van der Waals surface area contributed by atoms with Gasteiger partial charge in [-0.2, -0.15) is 0 Å². The molecule has 1 aliphatic carbocycles. The second kappa shape index (κ2) is 4.07. The first-order chi connectivity index (χ1) is 7.18. The van der Waals surface area contributed by atoms with Crippen molar-refractivity contribution in [1.29, 1.82) is 0 Å². The van der Waals surface area contributed by atoms with E-state index in [0.717, 1.165) is 24.9 Å². The number of nitrogens with zero attached hydrogens (tertiary/aromatic N) is 1. The van der Waals surface area contributed by atoms with Gasteiger partial charge in [-0.3, -0.25) is 0 Å². The van der Waals surface area contributed by atoms with Crippen molar-refractivity contribution in [2.45, 2.75) is 12.8 Å². The Labute approximate surface area is 90.8 Å². The van der Waals surface area contributed by atoms with Crippen LogP contribution in [0, 0.1) is 0 Å². The number of rotatable bonds is 3. The summed E-state index contributed by atoms with van der Waals surface area (Å²) in [6.07, 6.45) is 4.21. The number of allylic oxidation sites excluding steroid dienone is 1. The van der Waals surface area contributed by atoms with E-state index in [1.54, 1.807) is 6.07 Å². The van der Waals surface area contributed by atoms with Gasteiger partial charge in [-0.05, 0) is 44.1 Å². The standard InChI is InChI=1S/C13H17NO/c1-14(2)9-8-11-7-6-10-4-3-5-12(15)13(10)11/h3-5,7,15H,6,8-9H2,1-2H3. The molecule has 1 N–H and O–H groups in total. The fourth-order valence-electron chi connectivity index (χ4n) is 2.03. The molecule has 0 saturated carbocycles. The molecular weight excluding hydrogens is 186 g/mol. The van der Waals surface area contributed by atoms with Crippen LogP contribution in [0.15, 0.2) is 24.3 Å². The Bertz CT molecular complexity index is 394. The van der Waals surface area contributed by atoms with E-state index in [2.05, 4.69) is 31.1 Å². The highest BCUT2D eigenvalue weighted by Crippen LogP contribution is 2.36. The molecule has 0 aliphatic heterocycles. The Morgan fingerprint density at radius 2 is 2.13 bits per heavy atom. The van der Waals surface area contributed by atoms with Gasteiger partial charge in [0.25, 0.3) is 0 Å². The van der Waals surface area contributed by atoms with Crippen molar-refractivity contribution in [2.24, 2.45) is 0 Å². The maximum absolute atomic E-state index is 9.81. The monoisotopic (exact) mass is 203 g/mol. The van der Waals surface area contributed by atoms with Crippen molar-refractivity contribution in [2.75, 3.05) is 20.6 Å². The first kappa shape index (κ1) is 10.2. The molecule has 1 aromatic carbocycles. The molecule has 1 aliphatic rings. The van der Waals surface area contributed by atoms with Crippen LogP contribution in [0.25, 0.3) is 5.57 Å². The van der Waals surface area contributed by atoms with Crippen molar-refractivity contribution in [3.8, 4) is 5.75 Å². The molecule has 0 unspecified atom stereocenters. The first-order valence-corrected chi connectivity index (χ1v) is 5.33. The SMILES string of the molecule is CN(C)CCC1=CCc2cccc(O)c21. The van der Waals surface area contributed by atoms with Crippen LogP contribution in [-0.4, -0.2) is 30.6 Å². The van der Waals surface area contributed by atoms with Crippen LogP contribution >= 0.6 is 0 Å². The minimum atomic E-state index is 0.426. The lowest BCUT2D eigenvalue weighted by Gasteiger charge is -2.12. The van der Waals surface area contributed by atoms with E-state index in [-0.39, 0.29) is 0 Å². The van der Waals surface area contributed by atoms with Gasteiger partial charge in [-0.25, -0.2) is 0 Å². The van der Waals surface area contributed by atoms with Crippen LogP contribution in [0.1, 0.15) is 17.5 Å². The van der Waals surface area contributed by atoms with Crippen LogP contribution < -0.4 is 0 Å². The van der Waals surface area contributed by atoms with Gasteiger partial charge in [0.2, 0.25) is 0 Å². The van der Waals surface area contributed by atoms with E-state index in [9.17, 15) is 5.11 Å². The maximum Gasteiger partial charge on any atom is 0.123 e. The third kappa shape index (κ3) is 2.05. The van der Waals surface area contributed by atoms with Crippen molar-refractivity contribution in [3.05, 3.63) is 35.4 Å². The molecule has 0 radical (unpaired) electrons. The summed E-state index contributed by atoms with van der Waals surface area (Å²) in [5, 5.41) is 9.81. The van der Waals surface area contributed by atoms with Crippen LogP contribution in [-0.2, 0) is 6.42 Å². The zero-order valence-corrected chi connectivity index (χ0v) is 9.33. The van der Waals surface area contributed by atoms with E-state index in [1.807, 2.05) is 6.07 Å². The highest BCUT2D eigenvalue weighted by atomic mass is 16.3. The van der Waals surface area contributed by atoms with Gasteiger partial charge in [-0.1, -0.05) is 18.2 Å². The summed E-state index contributed by atoms with van der Waals surface area (Å²) in [4.78, 5) is 2.17. The molecule has 0 amide bonds. The lowest BCUT2D eigenvalue weighted by Crippen LogP contribution is -2.13. The third-order valence-corrected chi connectivity index (χ3v) is 2.85. The van der Waals surface area contributed by atoms with E-state index >= 15 is 0 Å². The highest BCUT2D eigenvalue weighted by molar-refractivity contribution is 5.77. The zero-order chi connectivity index (χ0) is 10.8. The summed E-state index contributed by atoms with van der Waals surface area (Å²) in [5.41, 5.74) is 3.61. The average molecular weight is 203 g/mol. The summed E-state index contributed by atoms with van der Waals surface area (Å²) in [7, 11) is 4.14. The molecule has 0 atom stereocenters. The molecule has 0 saturated heterocycles. The van der Waals surface area contributed by atoms with Crippen LogP contribution in [0.2, 0.25) is 0 Å². The molecule has 0 heterocycles. The summed E-state index contributed by atoms with van der Waals surface area (Å²) in [5.74, 6) is 0.426. The molecular formula is C13H17NO. The van der Waals surface area contributed by atoms with Crippen LogP contribution in [0.3, 0.4) is 0 Å². The Kier molecular flexibility index (Phi) is 2.78. The summed E-state index contributed by atoms with van der Waals surface area (Å²) >= 11 is 0. The average Bonchev–Trinajstić information content (AvgIpc) is 2.59. The van der Waals surface area contributed by atoms with Crippen molar-refractivity contribution in [3.63, 3.8) is 0 Å². The molecule has 0 aromatic heterocycles. The van der Waals surface area contributed by atoms with Gasteiger partial charge >= 0.3 is 0 Å². The van der Waals surface area contributed by atoms with Gasteiger partial charge < -0.3 is 10.0 Å². The third-order valence-electron chi connectivity index (χ3n) is 2.85. The molecule has 0 spiro atoms. The molecule has 0 bridgehead atoms. The highest BCUT2D eigenvalue weighted by Gasteiger charge is 2.17. The molecule has 15 heavy (non-hydrogen) atoms. The summed E-state index contributed by atoms with van der Waals surface area (Å²) in [6.45, 7) is 1.03. The second-order valence-corrected chi connectivity index (χ2v) is 4.30. The molecule has 2 heteroatoms. The summed E-state index contributed by atoms with van der Waals surface area (Å²) < 4.78 is 0. The number of hydrogen-bond donors (Lipinski definition) is 1.